The molecule has 0 aliphatic rings. The molecule has 1 aromatic carbocycles. The molecule has 1 heterocycles. The molecule has 2 rings (SSSR count). The van der Waals surface area contributed by atoms with Crippen molar-refractivity contribution >= 4 is 5.69 Å². The van der Waals surface area contributed by atoms with Crippen LogP contribution < -0.4 is 10.5 Å². The van der Waals surface area contributed by atoms with Crippen LogP contribution >= 0.6 is 0 Å². The maximum atomic E-state index is 5.86. The summed E-state index contributed by atoms with van der Waals surface area (Å²) in [6, 6.07) is 5.70. The molecule has 0 aliphatic heterocycles. The highest BCUT2D eigenvalue weighted by molar-refractivity contribution is 5.57. The SMILES string of the molecule is CCn1cc(Oc2c(C)cccc2N)cn1. The molecule has 0 atom stereocenters. The number of ether oxygens (including phenoxy) is 1. The van der Waals surface area contributed by atoms with Gasteiger partial charge in [0.1, 0.15) is 0 Å². The summed E-state index contributed by atoms with van der Waals surface area (Å²) in [4.78, 5) is 0. The number of aromatic nitrogens is 2. The zero-order chi connectivity index (χ0) is 11.5. The van der Waals surface area contributed by atoms with Crippen molar-refractivity contribution in [3.8, 4) is 11.5 Å². The quantitative estimate of drug-likeness (QED) is 0.804. The summed E-state index contributed by atoms with van der Waals surface area (Å²) in [5.41, 5.74) is 7.52. The summed E-state index contributed by atoms with van der Waals surface area (Å²) in [6.45, 7) is 4.82. The van der Waals surface area contributed by atoms with Gasteiger partial charge in [-0.25, -0.2) is 0 Å². The highest BCUT2D eigenvalue weighted by Gasteiger charge is 2.06. The Morgan fingerprint density at radius 2 is 2.25 bits per heavy atom. The Kier molecular flexibility index (Phi) is 2.81. The first kappa shape index (κ1) is 10.5. The topological polar surface area (TPSA) is 53.1 Å². The van der Waals surface area contributed by atoms with Crippen LogP contribution in [0.5, 0.6) is 11.5 Å². The minimum Gasteiger partial charge on any atom is -0.452 e. The Hall–Kier alpha value is -1.97. The lowest BCUT2D eigenvalue weighted by molar-refractivity contribution is 0.480. The number of anilines is 1. The first-order valence-corrected chi connectivity index (χ1v) is 5.26. The van der Waals surface area contributed by atoms with E-state index in [4.69, 9.17) is 10.5 Å². The molecule has 0 unspecified atom stereocenters. The van der Waals surface area contributed by atoms with E-state index in [1.54, 1.807) is 6.20 Å². The number of rotatable bonds is 3. The largest absolute Gasteiger partial charge is 0.452 e. The van der Waals surface area contributed by atoms with Crippen molar-refractivity contribution in [2.75, 3.05) is 5.73 Å². The van der Waals surface area contributed by atoms with Crippen molar-refractivity contribution in [3.05, 3.63) is 36.2 Å². The van der Waals surface area contributed by atoms with Crippen molar-refractivity contribution in [3.63, 3.8) is 0 Å². The smallest absolute Gasteiger partial charge is 0.165 e. The van der Waals surface area contributed by atoms with E-state index in [1.165, 1.54) is 0 Å². The lowest BCUT2D eigenvalue weighted by Gasteiger charge is -2.08. The molecule has 0 fully saturated rings. The second kappa shape index (κ2) is 4.26. The number of hydrogen-bond donors (Lipinski definition) is 1. The van der Waals surface area contributed by atoms with E-state index in [1.807, 2.05) is 42.9 Å². The third kappa shape index (κ3) is 2.00. The van der Waals surface area contributed by atoms with E-state index in [2.05, 4.69) is 5.10 Å². The summed E-state index contributed by atoms with van der Waals surface area (Å²) < 4.78 is 7.52. The molecule has 2 aromatic rings. The Labute approximate surface area is 94.6 Å². The minimum atomic E-state index is 0.643. The van der Waals surface area contributed by atoms with Crippen LogP contribution in [-0.4, -0.2) is 9.78 Å². The van der Waals surface area contributed by atoms with E-state index < -0.39 is 0 Å². The fourth-order valence-electron chi connectivity index (χ4n) is 1.50. The Morgan fingerprint density at radius 1 is 1.44 bits per heavy atom. The molecule has 84 valence electrons. The highest BCUT2D eigenvalue weighted by Crippen LogP contribution is 2.30. The number of hydrogen-bond acceptors (Lipinski definition) is 3. The maximum absolute atomic E-state index is 5.86. The summed E-state index contributed by atoms with van der Waals surface area (Å²) in [5, 5.41) is 4.14. The van der Waals surface area contributed by atoms with Crippen LogP contribution in [0.1, 0.15) is 12.5 Å². The van der Waals surface area contributed by atoms with Crippen molar-refractivity contribution in [2.45, 2.75) is 20.4 Å². The van der Waals surface area contributed by atoms with Crippen LogP contribution in [-0.2, 0) is 6.54 Å². The number of benzene rings is 1. The summed E-state index contributed by atoms with van der Waals surface area (Å²) in [6.07, 6.45) is 3.54. The Morgan fingerprint density at radius 3 is 2.88 bits per heavy atom. The summed E-state index contributed by atoms with van der Waals surface area (Å²) in [7, 11) is 0. The van der Waals surface area contributed by atoms with Crippen LogP contribution in [0, 0.1) is 6.92 Å². The molecule has 0 saturated carbocycles. The fraction of sp³-hybridized carbons (Fsp3) is 0.250. The van der Waals surface area contributed by atoms with E-state index in [-0.39, 0.29) is 0 Å². The molecule has 0 radical (unpaired) electrons. The molecule has 0 amide bonds. The zero-order valence-electron chi connectivity index (χ0n) is 9.47. The second-order valence-electron chi connectivity index (χ2n) is 3.63. The van der Waals surface area contributed by atoms with Gasteiger partial charge in [-0.2, -0.15) is 5.10 Å². The number of para-hydroxylation sites is 1. The van der Waals surface area contributed by atoms with Gasteiger partial charge in [0.15, 0.2) is 11.5 Å². The van der Waals surface area contributed by atoms with Crippen molar-refractivity contribution in [1.29, 1.82) is 0 Å². The van der Waals surface area contributed by atoms with Crippen LogP contribution in [0.4, 0.5) is 5.69 Å². The van der Waals surface area contributed by atoms with Gasteiger partial charge in [-0.1, -0.05) is 12.1 Å². The predicted octanol–water partition coefficient (Wildman–Crippen LogP) is 2.59. The van der Waals surface area contributed by atoms with E-state index in [0.717, 1.165) is 12.1 Å². The summed E-state index contributed by atoms with van der Waals surface area (Å²) in [5.74, 6) is 1.42. The fourth-order valence-corrected chi connectivity index (χ4v) is 1.50. The number of nitrogens with zero attached hydrogens (tertiary/aromatic N) is 2. The second-order valence-corrected chi connectivity index (χ2v) is 3.63. The van der Waals surface area contributed by atoms with Gasteiger partial charge in [0.25, 0.3) is 0 Å². The number of aryl methyl sites for hydroxylation is 2. The molecule has 16 heavy (non-hydrogen) atoms. The van der Waals surface area contributed by atoms with Gasteiger partial charge in [-0.05, 0) is 25.5 Å². The first-order chi connectivity index (χ1) is 7.70. The molecule has 4 heteroatoms. The molecule has 2 N–H and O–H groups in total. The molecule has 0 saturated heterocycles. The number of nitrogen functional groups attached to an aromatic ring is 1. The lowest BCUT2D eigenvalue weighted by Crippen LogP contribution is -1.94. The zero-order valence-corrected chi connectivity index (χ0v) is 9.47. The monoisotopic (exact) mass is 217 g/mol. The third-order valence-electron chi connectivity index (χ3n) is 2.40. The molecule has 4 nitrogen and oxygen atoms in total. The average molecular weight is 217 g/mol. The van der Waals surface area contributed by atoms with Gasteiger partial charge in [-0.15, -0.1) is 0 Å². The van der Waals surface area contributed by atoms with Gasteiger partial charge < -0.3 is 10.5 Å². The van der Waals surface area contributed by atoms with E-state index in [9.17, 15) is 0 Å². The van der Waals surface area contributed by atoms with Crippen molar-refractivity contribution in [1.82, 2.24) is 9.78 Å². The van der Waals surface area contributed by atoms with Crippen molar-refractivity contribution < 1.29 is 4.74 Å². The van der Waals surface area contributed by atoms with E-state index in [0.29, 0.717) is 17.2 Å². The molecular weight excluding hydrogens is 202 g/mol. The average Bonchev–Trinajstić information content (AvgIpc) is 2.71. The van der Waals surface area contributed by atoms with Crippen LogP contribution in [0.15, 0.2) is 30.6 Å². The van der Waals surface area contributed by atoms with Gasteiger partial charge in [0.05, 0.1) is 18.1 Å². The van der Waals surface area contributed by atoms with Crippen molar-refractivity contribution in [2.24, 2.45) is 0 Å². The van der Waals surface area contributed by atoms with Gasteiger partial charge in [0.2, 0.25) is 0 Å². The minimum absolute atomic E-state index is 0.643. The lowest BCUT2D eigenvalue weighted by atomic mass is 10.2. The molecule has 0 bridgehead atoms. The standard InChI is InChI=1S/C12H15N3O/c1-3-15-8-10(7-14-15)16-12-9(2)5-4-6-11(12)13/h4-8H,3,13H2,1-2H3. The van der Waals surface area contributed by atoms with E-state index >= 15 is 0 Å². The van der Waals surface area contributed by atoms with Crippen LogP contribution in [0.3, 0.4) is 0 Å². The Bertz CT molecular complexity index is 471. The highest BCUT2D eigenvalue weighted by atomic mass is 16.5. The Balaban J connectivity index is 2.26. The molecule has 0 spiro atoms. The first-order valence-electron chi connectivity index (χ1n) is 5.26. The molecular formula is C12H15N3O. The molecule has 1 aromatic heterocycles. The normalized spacial score (nSPS) is 10.4. The predicted molar refractivity (Wildman–Crippen MR) is 63.6 cm³/mol. The van der Waals surface area contributed by atoms with Gasteiger partial charge >= 0.3 is 0 Å². The van der Waals surface area contributed by atoms with Crippen LogP contribution in [0.2, 0.25) is 0 Å². The number of nitrogens with two attached hydrogens (primary N) is 1. The van der Waals surface area contributed by atoms with Crippen LogP contribution in [0.25, 0.3) is 0 Å². The van der Waals surface area contributed by atoms with Gasteiger partial charge in [-0.3, -0.25) is 4.68 Å². The molecule has 0 aliphatic carbocycles. The maximum Gasteiger partial charge on any atom is 0.165 e. The summed E-state index contributed by atoms with van der Waals surface area (Å²) >= 11 is 0. The third-order valence-corrected chi connectivity index (χ3v) is 2.40. The van der Waals surface area contributed by atoms with Gasteiger partial charge in [0, 0.05) is 6.54 Å².